The Bertz CT molecular complexity index is 1580. The van der Waals surface area contributed by atoms with E-state index in [0.717, 1.165) is 22.4 Å². The molecule has 0 saturated carbocycles. The van der Waals surface area contributed by atoms with Gasteiger partial charge < -0.3 is 0 Å². The molecule has 0 amide bonds. The number of benzene rings is 4. The summed E-state index contributed by atoms with van der Waals surface area (Å²) >= 11 is -0.826. The van der Waals surface area contributed by atoms with Crippen LogP contribution in [0.1, 0.15) is 62.8 Å². The molecule has 4 heteroatoms. The molecule has 0 spiro atoms. The van der Waals surface area contributed by atoms with Gasteiger partial charge in [-0.05, 0) is 47.9 Å². The predicted octanol–water partition coefficient (Wildman–Crippen LogP) is 13.6. The third-order valence-electron chi connectivity index (χ3n) is 8.04. The molecular weight excluding hydrogens is 695 g/mol. The van der Waals surface area contributed by atoms with Gasteiger partial charge in [0.2, 0.25) is 0 Å². The molecule has 6 aromatic rings. The summed E-state index contributed by atoms with van der Waals surface area (Å²) in [6, 6.07) is 40.6. The first-order chi connectivity index (χ1) is 22.5. The zero-order chi connectivity index (χ0) is 33.3. The van der Waals surface area contributed by atoms with Crippen LogP contribution in [0.4, 0.5) is 0 Å². The number of fused-ring (bicyclic) bond motifs is 2. The summed E-state index contributed by atoms with van der Waals surface area (Å²) in [4.78, 5) is 0. The fraction of sp³-hybridized carbons (Fsp3) is 0.286. The Balaban J connectivity index is 0.000000214. The van der Waals surface area contributed by atoms with E-state index in [0.29, 0.717) is 0 Å². The van der Waals surface area contributed by atoms with Crippen molar-refractivity contribution in [2.75, 3.05) is 0 Å². The van der Waals surface area contributed by atoms with Crippen LogP contribution < -0.4 is 0 Å². The molecule has 0 bridgehead atoms. The number of hydrogen-bond donors (Lipinski definition) is 0. The molecule has 0 N–H and O–H groups in total. The van der Waals surface area contributed by atoms with E-state index in [1.54, 1.807) is 0 Å². The topological polar surface area (TPSA) is 0 Å². The summed E-state index contributed by atoms with van der Waals surface area (Å²) in [5, 5.41) is 5.51. The summed E-state index contributed by atoms with van der Waals surface area (Å²) in [6.45, 7) is 13.2. The Morgan fingerprint density at radius 3 is 1.22 bits per heavy atom. The zero-order valence-corrected chi connectivity index (χ0v) is 33.4. The van der Waals surface area contributed by atoms with Gasteiger partial charge >= 0.3 is 37.9 Å². The second kappa shape index (κ2) is 20.9. The molecule has 0 aliphatic carbocycles. The van der Waals surface area contributed by atoms with Crippen molar-refractivity contribution in [2.45, 2.75) is 79.3 Å². The van der Waals surface area contributed by atoms with Crippen LogP contribution in [0, 0.1) is 0 Å². The maximum absolute atomic E-state index is 4.93. The molecule has 0 aliphatic rings. The van der Waals surface area contributed by atoms with E-state index in [1.165, 1.54) is 91.7 Å². The number of hydrogen-bond acceptors (Lipinski definition) is 0. The van der Waals surface area contributed by atoms with E-state index in [2.05, 4.69) is 150 Å². The van der Waals surface area contributed by atoms with E-state index >= 15 is 0 Å². The molecule has 0 heterocycles. The predicted molar refractivity (Wildman–Crippen MR) is 206 cm³/mol. The molecule has 2 radical (unpaired) electrons. The van der Waals surface area contributed by atoms with E-state index in [9.17, 15) is 0 Å². The number of halogens is 2. The van der Waals surface area contributed by atoms with Gasteiger partial charge in [-0.3, -0.25) is 0 Å². The Morgan fingerprint density at radius 1 is 0.565 bits per heavy atom. The van der Waals surface area contributed by atoms with Crippen LogP contribution in [-0.4, -0.2) is 9.52 Å². The molecule has 6 aromatic carbocycles. The average Bonchev–Trinajstić information content (AvgIpc) is 3.70. The van der Waals surface area contributed by atoms with Gasteiger partial charge in [0.05, 0.1) is 0 Å². The normalized spacial score (nSPS) is 10.3. The van der Waals surface area contributed by atoms with Gasteiger partial charge in [0.1, 0.15) is 0 Å². The second-order valence-corrected chi connectivity index (χ2v) is 16.2. The fourth-order valence-corrected chi connectivity index (χ4v) is 5.80. The molecule has 6 rings (SSSR count). The second-order valence-electron chi connectivity index (χ2n) is 11.5. The van der Waals surface area contributed by atoms with E-state index < -0.39 is 20.8 Å². The van der Waals surface area contributed by atoms with Crippen LogP contribution in [0.15, 0.2) is 109 Å². The molecule has 0 fully saturated rings. The third kappa shape index (κ3) is 10.9. The quantitative estimate of drug-likeness (QED) is 0.108. The first-order valence-corrected chi connectivity index (χ1v) is 24.9. The number of aryl methyl sites for hydroxylation is 4. The average molecular weight is 743 g/mol. The van der Waals surface area contributed by atoms with Crippen LogP contribution >= 0.6 is 17.0 Å². The van der Waals surface area contributed by atoms with Crippen molar-refractivity contribution in [1.29, 1.82) is 0 Å². The molecule has 0 nitrogen and oxygen atoms in total. The van der Waals surface area contributed by atoms with Crippen molar-refractivity contribution in [3.8, 4) is 22.3 Å². The van der Waals surface area contributed by atoms with Crippen LogP contribution in [-0.2, 0) is 46.5 Å². The number of rotatable bonds is 8. The van der Waals surface area contributed by atoms with Gasteiger partial charge in [-0.1, -0.05) is 125 Å². The first-order valence-electron chi connectivity index (χ1n) is 16.6. The van der Waals surface area contributed by atoms with Crippen LogP contribution in [0.3, 0.4) is 0 Å². The van der Waals surface area contributed by atoms with Gasteiger partial charge in [0.15, 0.2) is 0 Å². The maximum atomic E-state index is 4.93. The third-order valence-corrected chi connectivity index (χ3v) is 8.04. The molecule has 0 unspecified atom stereocenters. The molecule has 46 heavy (non-hydrogen) atoms. The Hall–Kier alpha value is -2.22. The molecule has 0 saturated heterocycles. The zero-order valence-electron chi connectivity index (χ0n) is 28.4. The minimum absolute atomic E-state index is 0.826. The van der Waals surface area contributed by atoms with Crippen molar-refractivity contribution in [3.63, 3.8) is 0 Å². The summed E-state index contributed by atoms with van der Waals surface area (Å²) in [6.07, 6.45) is 6.95. The van der Waals surface area contributed by atoms with Gasteiger partial charge in [-0.25, -0.2) is 0 Å². The van der Waals surface area contributed by atoms with Crippen molar-refractivity contribution < 1.29 is 20.8 Å². The summed E-state index contributed by atoms with van der Waals surface area (Å²) < 4.78 is 0. The van der Waals surface area contributed by atoms with Gasteiger partial charge in [0, 0.05) is 9.52 Å². The molecule has 0 atom stereocenters. The summed E-state index contributed by atoms with van der Waals surface area (Å²) in [7, 11) is 11.0. The Kier molecular flexibility index (Phi) is 17.4. The first kappa shape index (κ1) is 38.2. The van der Waals surface area contributed by atoms with Crippen molar-refractivity contribution >= 4 is 48.1 Å². The van der Waals surface area contributed by atoms with E-state index in [1.807, 2.05) is 0 Å². The molecular formula is C42H48Cl2SiZr. The van der Waals surface area contributed by atoms with Crippen molar-refractivity contribution in [3.05, 3.63) is 131 Å². The van der Waals surface area contributed by atoms with Gasteiger partial charge in [0.25, 0.3) is 0 Å². The van der Waals surface area contributed by atoms with Crippen LogP contribution in [0.2, 0.25) is 13.1 Å². The SMILES string of the molecule is CCCc1cc2c(-c3ccc(CC)cc3)cccc2[cH-]1.CCCc1cc2c(-c3ccc(CC)cc3)cccc2[cH-]1.C[Si]C.[Cl][Zr+2][Cl]. The molecule has 0 aliphatic heterocycles. The van der Waals surface area contributed by atoms with Gasteiger partial charge in [-0.15, -0.1) is 69.1 Å². The van der Waals surface area contributed by atoms with Crippen molar-refractivity contribution in [2.24, 2.45) is 0 Å². The summed E-state index contributed by atoms with van der Waals surface area (Å²) in [5.41, 5.74) is 11.1. The van der Waals surface area contributed by atoms with E-state index in [-0.39, 0.29) is 0 Å². The minimum atomic E-state index is -0.826. The Labute approximate surface area is 299 Å². The van der Waals surface area contributed by atoms with Gasteiger partial charge in [-0.2, -0.15) is 12.1 Å². The monoisotopic (exact) mass is 740 g/mol. The Morgan fingerprint density at radius 2 is 0.913 bits per heavy atom. The van der Waals surface area contributed by atoms with E-state index in [4.69, 9.17) is 17.0 Å². The summed E-state index contributed by atoms with van der Waals surface area (Å²) in [5.74, 6) is 0. The fourth-order valence-electron chi connectivity index (χ4n) is 5.80. The molecule has 0 aromatic heterocycles. The van der Waals surface area contributed by atoms with Crippen LogP contribution in [0.25, 0.3) is 43.8 Å². The van der Waals surface area contributed by atoms with Crippen LogP contribution in [0.5, 0.6) is 0 Å². The van der Waals surface area contributed by atoms with Crippen molar-refractivity contribution in [1.82, 2.24) is 0 Å². The standard InChI is InChI=1S/2C20H21.C2H6Si.2ClH.Zr/c2*1-3-6-16-13-18-7-5-8-19(20(18)14-16)17-11-9-15(4-2)10-12-17;1-3-2;;;/h2*5,7-14H,3-4,6H2,1-2H3;1-2H3;2*1H;/q2*-1;;;;+4/p-2. The molecule has 238 valence electrons.